The number of fused-ring (bicyclic) bond motifs is 2. The minimum atomic E-state index is 0.0590. The van der Waals surface area contributed by atoms with Crippen LogP contribution in [0.15, 0.2) is 29.6 Å². The first kappa shape index (κ1) is 14.3. The van der Waals surface area contributed by atoms with Crippen LogP contribution in [0.1, 0.15) is 52.0 Å². The van der Waals surface area contributed by atoms with Crippen LogP contribution < -0.4 is 4.74 Å². The summed E-state index contributed by atoms with van der Waals surface area (Å²) in [4.78, 5) is 13.5. The van der Waals surface area contributed by atoms with Gasteiger partial charge in [-0.1, -0.05) is 13.0 Å². The molecule has 1 N–H and O–H groups in total. The maximum atomic E-state index is 12.7. The second kappa shape index (κ2) is 6.00. The Hall–Kier alpha value is -1.65. The Morgan fingerprint density at radius 2 is 2.24 bits per heavy atom. The molecule has 2 heterocycles. The van der Waals surface area contributed by atoms with Crippen molar-refractivity contribution in [3.63, 3.8) is 0 Å². The highest BCUT2D eigenvalue weighted by Gasteiger charge is 2.24. The molecule has 0 spiro atoms. The van der Waals surface area contributed by atoms with Crippen molar-refractivity contribution >= 4 is 17.1 Å². The Morgan fingerprint density at radius 1 is 1.38 bits per heavy atom. The molecule has 1 unspecified atom stereocenters. The van der Waals surface area contributed by atoms with Gasteiger partial charge in [-0.25, -0.2) is 0 Å². The lowest BCUT2D eigenvalue weighted by Crippen LogP contribution is -2.03. The molecule has 3 rings (SSSR count). The summed E-state index contributed by atoms with van der Waals surface area (Å²) in [5.41, 5.74) is 2.75. The van der Waals surface area contributed by atoms with E-state index in [2.05, 4.69) is 6.92 Å². The SMILES string of the molecule is CC(CCCO)c1ccc2c(c1)C(=O)c1sccc1CO2. The molecule has 0 saturated carbocycles. The molecular weight excluding hydrogens is 284 g/mol. The van der Waals surface area contributed by atoms with Crippen molar-refractivity contribution in [2.75, 3.05) is 6.61 Å². The molecule has 0 radical (unpaired) electrons. The fourth-order valence-corrected chi connectivity index (χ4v) is 3.51. The summed E-state index contributed by atoms with van der Waals surface area (Å²) in [5.74, 6) is 1.05. The van der Waals surface area contributed by atoms with Crippen LogP contribution in [0, 0.1) is 0 Å². The van der Waals surface area contributed by atoms with Crippen molar-refractivity contribution < 1.29 is 14.6 Å². The number of hydrogen-bond donors (Lipinski definition) is 1. The van der Waals surface area contributed by atoms with Crippen LogP contribution in [0.3, 0.4) is 0 Å². The van der Waals surface area contributed by atoms with Crippen molar-refractivity contribution in [1.29, 1.82) is 0 Å². The summed E-state index contributed by atoms with van der Waals surface area (Å²) in [6, 6.07) is 7.82. The molecule has 110 valence electrons. The minimum Gasteiger partial charge on any atom is -0.488 e. The zero-order valence-corrected chi connectivity index (χ0v) is 12.8. The third-order valence-electron chi connectivity index (χ3n) is 3.95. The zero-order chi connectivity index (χ0) is 14.8. The molecule has 2 aromatic rings. The summed E-state index contributed by atoms with van der Waals surface area (Å²) < 4.78 is 5.77. The highest BCUT2D eigenvalue weighted by Crippen LogP contribution is 2.33. The number of aliphatic hydroxyl groups excluding tert-OH is 1. The molecule has 1 aliphatic rings. The quantitative estimate of drug-likeness (QED) is 0.935. The number of ether oxygens (including phenoxy) is 1. The van der Waals surface area contributed by atoms with Crippen molar-refractivity contribution in [3.05, 3.63) is 51.2 Å². The maximum Gasteiger partial charge on any atom is 0.207 e. The van der Waals surface area contributed by atoms with Crippen LogP contribution in [0.4, 0.5) is 0 Å². The average Bonchev–Trinajstić information content (AvgIpc) is 2.93. The second-order valence-electron chi connectivity index (χ2n) is 5.42. The third kappa shape index (κ3) is 2.74. The molecule has 1 atom stereocenters. The first-order valence-electron chi connectivity index (χ1n) is 7.19. The molecule has 3 nitrogen and oxygen atoms in total. The van der Waals surface area contributed by atoms with Crippen molar-refractivity contribution in [3.8, 4) is 5.75 Å². The van der Waals surface area contributed by atoms with Crippen LogP contribution in [-0.4, -0.2) is 17.5 Å². The summed E-state index contributed by atoms with van der Waals surface area (Å²) in [5, 5.41) is 10.9. The number of benzene rings is 1. The van der Waals surface area contributed by atoms with Gasteiger partial charge in [0.25, 0.3) is 0 Å². The molecule has 0 saturated heterocycles. The summed E-state index contributed by atoms with van der Waals surface area (Å²) in [6.07, 6.45) is 1.69. The van der Waals surface area contributed by atoms with Gasteiger partial charge in [0.15, 0.2) is 0 Å². The van der Waals surface area contributed by atoms with Gasteiger partial charge in [-0.2, -0.15) is 0 Å². The highest BCUT2D eigenvalue weighted by atomic mass is 32.1. The fourth-order valence-electron chi connectivity index (χ4n) is 2.65. The van der Waals surface area contributed by atoms with Gasteiger partial charge in [0.1, 0.15) is 12.4 Å². The molecule has 21 heavy (non-hydrogen) atoms. The molecule has 4 heteroatoms. The van der Waals surface area contributed by atoms with E-state index in [4.69, 9.17) is 9.84 Å². The number of hydrogen-bond acceptors (Lipinski definition) is 4. The Kier molecular flexibility index (Phi) is 4.08. The van der Waals surface area contributed by atoms with E-state index in [1.165, 1.54) is 11.3 Å². The number of carbonyl (C=O) groups excluding carboxylic acids is 1. The predicted molar refractivity (Wildman–Crippen MR) is 83.3 cm³/mol. The van der Waals surface area contributed by atoms with Gasteiger partial charge in [0.2, 0.25) is 5.78 Å². The van der Waals surface area contributed by atoms with Crippen LogP contribution in [0.25, 0.3) is 0 Å². The van der Waals surface area contributed by atoms with Gasteiger partial charge in [0.05, 0.1) is 10.4 Å². The first-order valence-corrected chi connectivity index (χ1v) is 8.07. The van der Waals surface area contributed by atoms with Crippen molar-refractivity contribution in [1.82, 2.24) is 0 Å². The summed E-state index contributed by atoms with van der Waals surface area (Å²) in [6.45, 7) is 2.78. The number of thiophene rings is 1. The van der Waals surface area contributed by atoms with E-state index < -0.39 is 0 Å². The van der Waals surface area contributed by atoms with E-state index in [9.17, 15) is 4.79 Å². The largest absolute Gasteiger partial charge is 0.488 e. The second-order valence-corrected chi connectivity index (χ2v) is 6.33. The van der Waals surface area contributed by atoms with Crippen LogP contribution in [0.5, 0.6) is 5.75 Å². The molecular formula is C17H18O3S. The van der Waals surface area contributed by atoms with Gasteiger partial charge in [-0.15, -0.1) is 11.3 Å². The van der Waals surface area contributed by atoms with E-state index in [0.29, 0.717) is 23.8 Å². The monoisotopic (exact) mass is 302 g/mol. The van der Waals surface area contributed by atoms with Crippen molar-refractivity contribution in [2.45, 2.75) is 32.3 Å². The van der Waals surface area contributed by atoms with E-state index in [-0.39, 0.29) is 12.4 Å². The molecule has 1 aromatic carbocycles. The Bertz CT molecular complexity index is 660. The number of ketones is 1. The fraction of sp³-hybridized carbons (Fsp3) is 0.353. The predicted octanol–water partition coefficient (Wildman–Crippen LogP) is 3.75. The lowest BCUT2D eigenvalue weighted by molar-refractivity contribution is 0.104. The summed E-state index contributed by atoms with van der Waals surface area (Å²) >= 11 is 1.48. The number of aliphatic hydroxyl groups is 1. The smallest absolute Gasteiger partial charge is 0.207 e. The van der Waals surface area contributed by atoms with E-state index in [1.54, 1.807) is 0 Å². The highest BCUT2D eigenvalue weighted by molar-refractivity contribution is 7.12. The molecule has 0 fully saturated rings. The molecule has 1 aromatic heterocycles. The van der Waals surface area contributed by atoms with E-state index >= 15 is 0 Å². The van der Waals surface area contributed by atoms with Gasteiger partial charge >= 0.3 is 0 Å². The van der Waals surface area contributed by atoms with Crippen molar-refractivity contribution in [2.24, 2.45) is 0 Å². The minimum absolute atomic E-state index is 0.0590. The van der Waals surface area contributed by atoms with Crippen LogP contribution in [-0.2, 0) is 6.61 Å². The molecule has 0 aliphatic carbocycles. The van der Waals surface area contributed by atoms with E-state index in [1.807, 2.05) is 29.6 Å². The lowest BCUT2D eigenvalue weighted by atomic mass is 9.93. The van der Waals surface area contributed by atoms with Gasteiger partial charge in [-0.3, -0.25) is 4.79 Å². The Balaban J connectivity index is 1.95. The lowest BCUT2D eigenvalue weighted by Gasteiger charge is -2.14. The third-order valence-corrected chi connectivity index (χ3v) is 4.90. The Labute approximate surface area is 128 Å². The number of rotatable bonds is 4. The van der Waals surface area contributed by atoms with E-state index in [0.717, 1.165) is 28.8 Å². The van der Waals surface area contributed by atoms with Gasteiger partial charge < -0.3 is 9.84 Å². The van der Waals surface area contributed by atoms with Gasteiger partial charge in [0, 0.05) is 12.2 Å². The Morgan fingerprint density at radius 3 is 3.05 bits per heavy atom. The topological polar surface area (TPSA) is 46.5 Å². The maximum absolute atomic E-state index is 12.7. The summed E-state index contributed by atoms with van der Waals surface area (Å²) in [7, 11) is 0. The molecule has 0 bridgehead atoms. The first-order chi connectivity index (χ1) is 10.2. The zero-order valence-electron chi connectivity index (χ0n) is 12.0. The standard InChI is InChI=1S/C17H18O3S/c1-11(3-2-7-18)12-4-5-15-14(9-12)16(19)17-13(10-20-15)6-8-21-17/h4-6,8-9,11,18H,2-3,7,10H2,1H3. The van der Waals surface area contributed by atoms with Crippen LogP contribution in [0.2, 0.25) is 0 Å². The average molecular weight is 302 g/mol. The molecule has 0 amide bonds. The van der Waals surface area contributed by atoms with Gasteiger partial charge in [-0.05, 0) is 47.9 Å². The normalized spacial score (nSPS) is 14.9. The number of carbonyl (C=O) groups is 1. The van der Waals surface area contributed by atoms with Crippen LogP contribution >= 0.6 is 11.3 Å². The molecule has 1 aliphatic heterocycles.